The zero-order valence-corrected chi connectivity index (χ0v) is 7.58. The van der Waals surface area contributed by atoms with Gasteiger partial charge in [-0.2, -0.15) is 0 Å². The molecule has 74 valence electrons. The fraction of sp³-hybridized carbons (Fsp3) is 0.111. The van der Waals surface area contributed by atoms with Crippen molar-refractivity contribution in [2.45, 2.75) is 0 Å². The maximum atomic E-state index is 10.5. The Morgan fingerprint density at radius 1 is 1.67 bits per heavy atom. The van der Waals surface area contributed by atoms with E-state index in [0.29, 0.717) is 5.69 Å². The summed E-state index contributed by atoms with van der Waals surface area (Å²) < 4.78 is 0. The predicted molar refractivity (Wildman–Crippen MR) is 52.1 cm³/mol. The average Bonchev–Trinajstić information content (AvgIpc) is 2.25. The quantitative estimate of drug-likeness (QED) is 0.340. The number of carboxylic acids is 1. The number of aromatic carboxylic acids is 1. The summed E-state index contributed by atoms with van der Waals surface area (Å²) in [6.45, 7) is 0.0683. The molecule has 0 spiro atoms. The largest absolute Gasteiger partial charge is 0.478 e. The lowest BCUT2D eigenvalue weighted by molar-refractivity contribution is 0.0696. The van der Waals surface area contributed by atoms with Crippen LogP contribution in [0.15, 0.2) is 23.4 Å². The van der Waals surface area contributed by atoms with E-state index < -0.39 is 5.97 Å². The summed E-state index contributed by atoms with van der Waals surface area (Å²) in [7, 11) is 0. The number of nitrogens with zero attached hydrogens (tertiary/aromatic N) is 4. The molecule has 1 aromatic heterocycles. The molecule has 1 rings (SSSR count). The summed E-state index contributed by atoms with van der Waals surface area (Å²) in [5, 5.41) is 11.8. The summed E-state index contributed by atoms with van der Waals surface area (Å²) in [5.41, 5.74) is 8.52. The molecule has 15 heavy (non-hydrogen) atoms. The SMILES string of the molecule is [N-]=[N+]=NCC#Cc1ccc(C(=O)O)cn1. The zero-order valence-electron chi connectivity index (χ0n) is 7.58. The van der Waals surface area contributed by atoms with Crippen LogP contribution in [-0.4, -0.2) is 22.6 Å². The number of hydrogen-bond donors (Lipinski definition) is 1. The van der Waals surface area contributed by atoms with E-state index >= 15 is 0 Å². The first-order valence-electron chi connectivity index (χ1n) is 3.93. The van der Waals surface area contributed by atoms with Gasteiger partial charge in [-0.25, -0.2) is 9.78 Å². The van der Waals surface area contributed by atoms with Crippen LogP contribution in [0.3, 0.4) is 0 Å². The molecule has 0 aliphatic rings. The Morgan fingerprint density at radius 3 is 3.00 bits per heavy atom. The Labute approximate surface area is 85.2 Å². The Kier molecular flexibility index (Phi) is 3.71. The van der Waals surface area contributed by atoms with Gasteiger partial charge in [0.25, 0.3) is 0 Å². The monoisotopic (exact) mass is 202 g/mol. The van der Waals surface area contributed by atoms with Gasteiger partial charge in [-0.1, -0.05) is 11.0 Å². The van der Waals surface area contributed by atoms with Crippen molar-refractivity contribution in [1.82, 2.24) is 4.98 Å². The second-order valence-corrected chi connectivity index (χ2v) is 2.43. The second-order valence-electron chi connectivity index (χ2n) is 2.43. The molecule has 0 amide bonds. The highest BCUT2D eigenvalue weighted by molar-refractivity contribution is 5.87. The summed E-state index contributed by atoms with van der Waals surface area (Å²) in [6.07, 6.45) is 1.22. The van der Waals surface area contributed by atoms with Crippen LogP contribution in [0.4, 0.5) is 0 Å². The molecule has 6 nitrogen and oxygen atoms in total. The Bertz CT molecular complexity index is 463. The third kappa shape index (κ3) is 3.38. The van der Waals surface area contributed by atoms with Crippen LogP contribution >= 0.6 is 0 Å². The van der Waals surface area contributed by atoms with Crippen LogP contribution in [0, 0.1) is 11.8 Å². The molecule has 0 aromatic carbocycles. The lowest BCUT2D eigenvalue weighted by Crippen LogP contribution is -1.97. The minimum absolute atomic E-state index is 0.0683. The highest BCUT2D eigenvalue weighted by atomic mass is 16.4. The van der Waals surface area contributed by atoms with Crippen molar-refractivity contribution in [2.24, 2.45) is 5.11 Å². The summed E-state index contributed by atoms with van der Waals surface area (Å²) in [5.74, 6) is 4.17. The fourth-order valence-electron chi connectivity index (χ4n) is 0.791. The molecule has 0 saturated carbocycles. The topological polar surface area (TPSA) is 99.0 Å². The third-order valence-electron chi connectivity index (χ3n) is 1.44. The molecule has 0 saturated heterocycles. The van der Waals surface area contributed by atoms with Crippen molar-refractivity contribution in [2.75, 3.05) is 6.54 Å². The minimum Gasteiger partial charge on any atom is -0.478 e. The molecule has 6 heteroatoms. The Morgan fingerprint density at radius 2 is 2.47 bits per heavy atom. The van der Waals surface area contributed by atoms with Gasteiger partial charge >= 0.3 is 5.97 Å². The van der Waals surface area contributed by atoms with Crippen LogP contribution in [-0.2, 0) is 0 Å². The molecule has 0 fully saturated rings. The number of azide groups is 1. The van der Waals surface area contributed by atoms with Gasteiger partial charge in [-0.15, -0.1) is 0 Å². The van der Waals surface area contributed by atoms with Crippen LogP contribution in [0.1, 0.15) is 16.1 Å². The Balaban J connectivity index is 2.75. The normalized spacial score (nSPS) is 8.27. The predicted octanol–water partition coefficient (Wildman–Crippen LogP) is 1.44. The third-order valence-corrected chi connectivity index (χ3v) is 1.44. The molecule has 0 aliphatic heterocycles. The highest BCUT2D eigenvalue weighted by Gasteiger charge is 2.00. The molecule has 0 bridgehead atoms. The van der Waals surface area contributed by atoms with Crippen LogP contribution in [0.2, 0.25) is 0 Å². The van der Waals surface area contributed by atoms with Gasteiger partial charge < -0.3 is 5.11 Å². The molecule has 1 aromatic rings. The maximum Gasteiger partial charge on any atom is 0.337 e. The molecule has 0 radical (unpaired) electrons. The molecule has 0 unspecified atom stereocenters. The van der Waals surface area contributed by atoms with E-state index in [4.69, 9.17) is 10.6 Å². The van der Waals surface area contributed by atoms with E-state index in [0.717, 1.165) is 0 Å². The second kappa shape index (κ2) is 5.27. The summed E-state index contributed by atoms with van der Waals surface area (Å²) >= 11 is 0. The number of carbonyl (C=O) groups is 1. The van der Waals surface area contributed by atoms with Crippen molar-refractivity contribution in [3.8, 4) is 11.8 Å². The van der Waals surface area contributed by atoms with Gasteiger partial charge in [0.1, 0.15) is 5.69 Å². The van der Waals surface area contributed by atoms with Gasteiger partial charge in [0.15, 0.2) is 0 Å². The maximum absolute atomic E-state index is 10.5. The van der Waals surface area contributed by atoms with Crippen molar-refractivity contribution in [1.29, 1.82) is 0 Å². The number of pyridine rings is 1. The van der Waals surface area contributed by atoms with E-state index in [1.165, 1.54) is 18.3 Å². The molecule has 1 heterocycles. The fourth-order valence-corrected chi connectivity index (χ4v) is 0.791. The smallest absolute Gasteiger partial charge is 0.337 e. The van der Waals surface area contributed by atoms with Gasteiger partial charge in [0, 0.05) is 11.1 Å². The standard InChI is InChI=1S/C9H6N4O2/c10-13-12-5-1-2-8-4-3-7(6-11-8)9(14)15/h3-4,6H,5H2,(H,14,15). The minimum atomic E-state index is -1.03. The number of carboxylic acid groups (broad SMARTS) is 1. The van der Waals surface area contributed by atoms with Crippen LogP contribution in [0.5, 0.6) is 0 Å². The lowest BCUT2D eigenvalue weighted by atomic mass is 10.2. The van der Waals surface area contributed by atoms with E-state index in [2.05, 4.69) is 26.9 Å². The van der Waals surface area contributed by atoms with E-state index in [9.17, 15) is 4.79 Å². The molecular weight excluding hydrogens is 196 g/mol. The Hall–Kier alpha value is -2.51. The van der Waals surface area contributed by atoms with Crippen molar-refractivity contribution in [3.05, 3.63) is 40.0 Å². The van der Waals surface area contributed by atoms with Gasteiger partial charge in [-0.3, -0.25) is 0 Å². The molecular formula is C9H6N4O2. The summed E-state index contributed by atoms with van der Waals surface area (Å²) in [4.78, 5) is 16.8. The summed E-state index contributed by atoms with van der Waals surface area (Å²) in [6, 6.07) is 2.90. The number of rotatable bonds is 2. The van der Waals surface area contributed by atoms with Gasteiger partial charge in [0.05, 0.1) is 12.1 Å². The van der Waals surface area contributed by atoms with E-state index in [1.807, 2.05) is 0 Å². The van der Waals surface area contributed by atoms with Crippen LogP contribution in [0.25, 0.3) is 10.4 Å². The highest BCUT2D eigenvalue weighted by Crippen LogP contribution is 1.98. The number of aromatic nitrogens is 1. The molecule has 1 N–H and O–H groups in total. The first-order valence-corrected chi connectivity index (χ1v) is 3.93. The van der Waals surface area contributed by atoms with Gasteiger partial charge in [0.2, 0.25) is 0 Å². The van der Waals surface area contributed by atoms with E-state index in [1.54, 1.807) is 0 Å². The van der Waals surface area contributed by atoms with E-state index in [-0.39, 0.29) is 12.1 Å². The first-order chi connectivity index (χ1) is 7.24. The van der Waals surface area contributed by atoms with Gasteiger partial charge in [-0.05, 0) is 23.6 Å². The molecule has 0 atom stereocenters. The number of hydrogen-bond acceptors (Lipinski definition) is 3. The van der Waals surface area contributed by atoms with Crippen molar-refractivity contribution in [3.63, 3.8) is 0 Å². The van der Waals surface area contributed by atoms with Crippen molar-refractivity contribution < 1.29 is 9.90 Å². The zero-order chi connectivity index (χ0) is 11.1. The van der Waals surface area contributed by atoms with Crippen molar-refractivity contribution >= 4 is 5.97 Å². The van der Waals surface area contributed by atoms with Crippen LogP contribution < -0.4 is 0 Å². The molecule has 0 aliphatic carbocycles. The first kappa shape index (κ1) is 10.6. The lowest BCUT2D eigenvalue weighted by Gasteiger charge is -1.92. The average molecular weight is 202 g/mol.